The summed E-state index contributed by atoms with van der Waals surface area (Å²) in [5.74, 6) is 1.06. The molecular formula is C22H24N2O4. The van der Waals surface area contributed by atoms with Gasteiger partial charge in [-0.15, -0.1) is 0 Å². The SMILES string of the molecule is CC(C)(C)C(=O)Nc1cccc(C(=O)N(Cc2ccco2)Cc2ccco2)c1. The van der Waals surface area contributed by atoms with Crippen LogP contribution >= 0.6 is 0 Å². The molecule has 0 atom stereocenters. The largest absolute Gasteiger partial charge is 0.467 e. The van der Waals surface area contributed by atoms with Crippen LogP contribution in [0.4, 0.5) is 5.69 Å². The number of nitrogens with one attached hydrogen (secondary N) is 1. The van der Waals surface area contributed by atoms with Crippen molar-refractivity contribution in [2.75, 3.05) is 5.32 Å². The number of hydrogen-bond donors (Lipinski definition) is 1. The number of benzene rings is 1. The average Bonchev–Trinajstić information content (AvgIpc) is 3.34. The van der Waals surface area contributed by atoms with Gasteiger partial charge in [-0.2, -0.15) is 0 Å². The molecule has 2 aromatic heterocycles. The van der Waals surface area contributed by atoms with Crippen LogP contribution in [0.15, 0.2) is 69.9 Å². The number of hydrogen-bond acceptors (Lipinski definition) is 4. The van der Waals surface area contributed by atoms with E-state index in [2.05, 4.69) is 5.32 Å². The van der Waals surface area contributed by atoms with Crippen molar-refractivity contribution >= 4 is 17.5 Å². The highest BCUT2D eigenvalue weighted by molar-refractivity contribution is 5.98. The van der Waals surface area contributed by atoms with Crippen LogP contribution in [0.1, 0.15) is 42.6 Å². The number of amides is 2. The van der Waals surface area contributed by atoms with E-state index in [1.807, 2.05) is 32.9 Å². The second-order valence-corrected chi connectivity index (χ2v) is 7.60. The summed E-state index contributed by atoms with van der Waals surface area (Å²) in [4.78, 5) is 27.0. The lowest BCUT2D eigenvalue weighted by Gasteiger charge is -2.21. The van der Waals surface area contributed by atoms with E-state index in [9.17, 15) is 9.59 Å². The predicted octanol–water partition coefficient (Wildman–Crippen LogP) is 4.70. The predicted molar refractivity (Wildman–Crippen MR) is 106 cm³/mol. The van der Waals surface area contributed by atoms with Crippen LogP contribution in [0.3, 0.4) is 0 Å². The Kier molecular flexibility index (Phi) is 5.68. The summed E-state index contributed by atoms with van der Waals surface area (Å²) < 4.78 is 10.8. The summed E-state index contributed by atoms with van der Waals surface area (Å²) in [6.07, 6.45) is 3.15. The maximum Gasteiger partial charge on any atom is 0.254 e. The minimum Gasteiger partial charge on any atom is -0.467 e. The number of rotatable bonds is 6. The van der Waals surface area contributed by atoms with Gasteiger partial charge in [0, 0.05) is 16.7 Å². The Balaban J connectivity index is 1.81. The van der Waals surface area contributed by atoms with E-state index in [4.69, 9.17) is 8.83 Å². The molecular weight excluding hydrogens is 356 g/mol. The quantitative estimate of drug-likeness (QED) is 0.672. The van der Waals surface area contributed by atoms with E-state index in [-0.39, 0.29) is 11.8 Å². The van der Waals surface area contributed by atoms with Gasteiger partial charge in [0.05, 0.1) is 25.6 Å². The van der Waals surface area contributed by atoms with Gasteiger partial charge >= 0.3 is 0 Å². The topological polar surface area (TPSA) is 75.7 Å². The molecule has 0 aliphatic heterocycles. The molecule has 0 bridgehead atoms. The highest BCUT2D eigenvalue weighted by atomic mass is 16.3. The van der Waals surface area contributed by atoms with Gasteiger partial charge in [0.15, 0.2) is 0 Å². The summed E-state index contributed by atoms with van der Waals surface area (Å²) in [6.45, 7) is 6.14. The Morgan fingerprint density at radius 2 is 1.54 bits per heavy atom. The fourth-order valence-corrected chi connectivity index (χ4v) is 2.61. The number of furan rings is 2. The second-order valence-electron chi connectivity index (χ2n) is 7.60. The Morgan fingerprint density at radius 1 is 0.929 bits per heavy atom. The lowest BCUT2D eigenvalue weighted by Crippen LogP contribution is -2.30. The molecule has 146 valence electrons. The standard InChI is InChI=1S/C22H24N2O4/c1-22(2,3)21(26)23-17-8-4-7-16(13-17)20(25)24(14-18-9-5-11-27-18)15-19-10-6-12-28-19/h4-13H,14-15H2,1-3H3,(H,23,26). The van der Waals surface area contributed by atoms with Gasteiger partial charge in [-0.05, 0) is 42.5 Å². The second kappa shape index (κ2) is 8.17. The molecule has 1 N–H and O–H groups in total. The first-order chi connectivity index (χ1) is 13.3. The third kappa shape index (κ3) is 4.91. The molecule has 0 aliphatic rings. The van der Waals surface area contributed by atoms with Gasteiger partial charge in [0.25, 0.3) is 5.91 Å². The number of carbonyl (C=O) groups is 2. The zero-order valence-corrected chi connectivity index (χ0v) is 16.3. The van der Waals surface area contributed by atoms with Crippen molar-refractivity contribution in [2.24, 2.45) is 5.41 Å². The van der Waals surface area contributed by atoms with E-state index in [1.165, 1.54) is 0 Å². The molecule has 6 nitrogen and oxygen atoms in total. The fourth-order valence-electron chi connectivity index (χ4n) is 2.61. The van der Waals surface area contributed by atoms with Crippen LogP contribution in [-0.4, -0.2) is 16.7 Å². The number of nitrogens with zero attached hydrogens (tertiary/aromatic N) is 1. The summed E-state index contributed by atoms with van der Waals surface area (Å²) in [7, 11) is 0. The monoisotopic (exact) mass is 380 g/mol. The van der Waals surface area contributed by atoms with Gasteiger partial charge in [0.1, 0.15) is 11.5 Å². The molecule has 3 aromatic rings. The zero-order chi connectivity index (χ0) is 20.1. The van der Waals surface area contributed by atoms with Crippen LogP contribution in [0.25, 0.3) is 0 Å². The van der Waals surface area contributed by atoms with Crippen LogP contribution in [-0.2, 0) is 17.9 Å². The molecule has 28 heavy (non-hydrogen) atoms. The van der Waals surface area contributed by atoms with Crippen LogP contribution in [0.2, 0.25) is 0 Å². The minimum absolute atomic E-state index is 0.111. The van der Waals surface area contributed by atoms with E-state index in [0.717, 1.165) is 0 Å². The van der Waals surface area contributed by atoms with E-state index < -0.39 is 5.41 Å². The fraction of sp³-hybridized carbons (Fsp3) is 0.273. The van der Waals surface area contributed by atoms with Gasteiger partial charge in [0.2, 0.25) is 5.91 Å². The zero-order valence-electron chi connectivity index (χ0n) is 16.3. The van der Waals surface area contributed by atoms with Crippen molar-refractivity contribution < 1.29 is 18.4 Å². The molecule has 0 unspecified atom stereocenters. The first kappa shape index (κ1) is 19.5. The van der Waals surface area contributed by atoms with Crippen molar-refractivity contribution in [3.8, 4) is 0 Å². The average molecular weight is 380 g/mol. The first-order valence-electron chi connectivity index (χ1n) is 9.08. The van der Waals surface area contributed by atoms with Crippen molar-refractivity contribution in [3.63, 3.8) is 0 Å². The van der Waals surface area contributed by atoms with Gasteiger partial charge < -0.3 is 19.1 Å². The molecule has 0 fully saturated rings. The van der Waals surface area contributed by atoms with Gasteiger partial charge in [-0.3, -0.25) is 9.59 Å². The Labute approximate surface area is 164 Å². The first-order valence-corrected chi connectivity index (χ1v) is 9.08. The summed E-state index contributed by atoms with van der Waals surface area (Å²) in [5.41, 5.74) is 0.538. The van der Waals surface area contributed by atoms with Gasteiger partial charge in [-0.1, -0.05) is 26.8 Å². The maximum atomic E-state index is 13.2. The van der Waals surface area contributed by atoms with Crippen molar-refractivity contribution in [1.29, 1.82) is 0 Å². The highest BCUT2D eigenvalue weighted by Gasteiger charge is 2.23. The van der Waals surface area contributed by atoms with Gasteiger partial charge in [-0.25, -0.2) is 0 Å². The number of carbonyl (C=O) groups excluding carboxylic acids is 2. The molecule has 2 amide bonds. The van der Waals surface area contributed by atoms with Crippen LogP contribution in [0.5, 0.6) is 0 Å². The van der Waals surface area contributed by atoms with Crippen molar-refractivity contribution in [1.82, 2.24) is 4.90 Å². The number of anilines is 1. The van der Waals surface area contributed by atoms with Crippen molar-refractivity contribution in [3.05, 3.63) is 78.1 Å². The third-order valence-electron chi connectivity index (χ3n) is 4.19. The van der Waals surface area contributed by atoms with Crippen molar-refractivity contribution in [2.45, 2.75) is 33.9 Å². The molecule has 2 heterocycles. The Bertz CT molecular complexity index is 886. The van der Waals surface area contributed by atoms with E-state index >= 15 is 0 Å². The molecule has 3 rings (SSSR count). The lowest BCUT2D eigenvalue weighted by molar-refractivity contribution is -0.123. The third-order valence-corrected chi connectivity index (χ3v) is 4.19. The smallest absolute Gasteiger partial charge is 0.254 e. The molecule has 6 heteroatoms. The summed E-state index contributed by atoms with van der Waals surface area (Å²) in [5, 5.41) is 2.86. The summed E-state index contributed by atoms with van der Waals surface area (Å²) in [6, 6.07) is 14.1. The van der Waals surface area contributed by atoms with Crippen LogP contribution in [0, 0.1) is 5.41 Å². The molecule has 0 saturated carbocycles. The molecule has 1 aromatic carbocycles. The lowest BCUT2D eigenvalue weighted by atomic mass is 9.95. The molecule has 0 saturated heterocycles. The Hall–Kier alpha value is -3.28. The summed E-state index contributed by atoms with van der Waals surface area (Å²) >= 11 is 0. The highest BCUT2D eigenvalue weighted by Crippen LogP contribution is 2.20. The van der Waals surface area contributed by atoms with E-state index in [1.54, 1.807) is 53.8 Å². The Morgan fingerprint density at radius 3 is 2.04 bits per heavy atom. The maximum absolute atomic E-state index is 13.2. The molecule has 0 spiro atoms. The van der Waals surface area contributed by atoms with E-state index in [0.29, 0.717) is 35.9 Å². The van der Waals surface area contributed by atoms with Crippen LogP contribution < -0.4 is 5.32 Å². The molecule has 0 radical (unpaired) electrons. The minimum atomic E-state index is -0.523. The normalized spacial score (nSPS) is 11.2. The molecule has 0 aliphatic carbocycles.